The zero-order valence-electron chi connectivity index (χ0n) is 12.2. The molecule has 4 nitrogen and oxygen atoms in total. The summed E-state index contributed by atoms with van der Waals surface area (Å²) in [6.07, 6.45) is 3.88. The molecule has 1 fully saturated rings. The van der Waals surface area contributed by atoms with E-state index in [0.29, 0.717) is 24.2 Å². The molecule has 0 aromatic heterocycles. The zero-order valence-corrected chi connectivity index (χ0v) is 12.2. The molecule has 0 radical (unpaired) electrons. The van der Waals surface area contributed by atoms with Crippen molar-refractivity contribution in [2.75, 3.05) is 0 Å². The number of esters is 1. The van der Waals surface area contributed by atoms with Crippen molar-refractivity contribution in [3.05, 3.63) is 0 Å². The van der Waals surface area contributed by atoms with E-state index in [0.717, 1.165) is 12.8 Å². The van der Waals surface area contributed by atoms with Crippen LogP contribution in [0.2, 0.25) is 0 Å². The number of hydrogen-bond donors (Lipinski definition) is 1. The first kappa shape index (κ1) is 16.0. The molecule has 1 N–H and O–H groups in total. The van der Waals surface area contributed by atoms with Gasteiger partial charge in [0.15, 0.2) is 0 Å². The van der Waals surface area contributed by atoms with Gasteiger partial charge in [0.25, 0.3) is 0 Å². The van der Waals surface area contributed by atoms with Gasteiger partial charge in [-0.1, -0.05) is 27.2 Å². The van der Waals surface area contributed by atoms with Gasteiger partial charge < -0.3 is 9.84 Å². The summed E-state index contributed by atoms with van der Waals surface area (Å²) in [7, 11) is 0. The van der Waals surface area contributed by atoms with E-state index in [-0.39, 0.29) is 24.9 Å². The molecule has 0 bridgehead atoms. The second-order valence-electron chi connectivity index (χ2n) is 6.10. The minimum absolute atomic E-state index is 0.0149. The molecule has 0 aromatic carbocycles. The van der Waals surface area contributed by atoms with Crippen LogP contribution in [0.5, 0.6) is 0 Å². The third kappa shape index (κ3) is 5.62. The van der Waals surface area contributed by atoms with Crippen LogP contribution < -0.4 is 0 Å². The minimum Gasteiger partial charge on any atom is -0.481 e. The van der Waals surface area contributed by atoms with Crippen LogP contribution in [0.1, 0.15) is 59.3 Å². The van der Waals surface area contributed by atoms with Gasteiger partial charge in [-0.05, 0) is 37.0 Å². The number of hydrogen-bond acceptors (Lipinski definition) is 3. The summed E-state index contributed by atoms with van der Waals surface area (Å²) >= 11 is 0. The van der Waals surface area contributed by atoms with Crippen LogP contribution in [0.15, 0.2) is 0 Å². The Kier molecular flexibility index (Phi) is 6.32. The molecule has 1 saturated carbocycles. The monoisotopic (exact) mass is 270 g/mol. The third-order valence-electron chi connectivity index (χ3n) is 4.02. The van der Waals surface area contributed by atoms with E-state index in [1.54, 1.807) is 0 Å². The van der Waals surface area contributed by atoms with Gasteiger partial charge >= 0.3 is 11.9 Å². The number of ether oxygens (including phenoxy) is 1. The van der Waals surface area contributed by atoms with E-state index in [9.17, 15) is 9.59 Å². The Morgan fingerprint density at radius 3 is 2.53 bits per heavy atom. The van der Waals surface area contributed by atoms with Crippen molar-refractivity contribution in [3.63, 3.8) is 0 Å². The van der Waals surface area contributed by atoms with Crippen molar-refractivity contribution >= 4 is 11.9 Å². The summed E-state index contributed by atoms with van der Waals surface area (Å²) in [5.41, 5.74) is 0. The lowest BCUT2D eigenvalue weighted by molar-refractivity contribution is -0.156. The molecule has 0 saturated heterocycles. The van der Waals surface area contributed by atoms with Crippen LogP contribution in [0.3, 0.4) is 0 Å². The smallest absolute Gasteiger partial charge is 0.306 e. The average Bonchev–Trinajstić information content (AvgIpc) is 2.27. The maximum atomic E-state index is 11.8. The molecule has 110 valence electrons. The quantitative estimate of drug-likeness (QED) is 0.752. The number of rotatable bonds is 6. The maximum absolute atomic E-state index is 11.8. The van der Waals surface area contributed by atoms with Gasteiger partial charge in [-0.2, -0.15) is 0 Å². The van der Waals surface area contributed by atoms with Crippen LogP contribution >= 0.6 is 0 Å². The fourth-order valence-electron chi connectivity index (χ4n) is 2.86. The largest absolute Gasteiger partial charge is 0.481 e. The normalized spacial score (nSPS) is 27.3. The number of carboxylic acid groups (broad SMARTS) is 1. The third-order valence-corrected chi connectivity index (χ3v) is 4.02. The van der Waals surface area contributed by atoms with Crippen LogP contribution in [0, 0.1) is 17.8 Å². The Hall–Kier alpha value is -1.06. The first-order valence-corrected chi connectivity index (χ1v) is 7.31. The second-order valence-corrected chi connectivity index (χ2v) is 6.10. The van der Waals surface area contributed by atoms with Gasteiger partial charge in [0.05, 0.1) is 0 Å². The molecule has 1 rings (SSSR count). The Bertz CT molecular complexity index is 311. The molecule has 0 aromatic rings. The van der Waals surface area contributed by atoms with Gasteiger partial charge in [0.1, 0.15) is 6.10 Å². The fourth-order valence-corrected chi connectivity index (χ4v) is 2.86. The lowest BCUT2D eigenvalue weighted by Crippen LogP contribution is -2.35. The van der Waals surface area contributed by atoms with Crippen molar-refractivity contribution in [2.45, 2.75) is 65.4 Å². The van der Waals surface area contributed by atoms with E-state index in [1.807, 2.05) is 0 Å². The highest BCUT2D eigenvalue weighted by molar-refractivity contribution is 5.71. The Morgan fingerprint density at radius 1 is 1.26 bits per heavy atom. The average molecular weight is 270 g/mol. The predicted molar refractivity (Wildman–Crippen MR) is 72.7 cm³/mol. The topological polar surface area (TPSA) is 63.6 Å². The molecule has 0 spiro atoms. The molecule has 0 amide bonds. The number of carbonyl (C=O) groups excluding carboxylic acids is 1. The molecule has 19 heavy (non-hydrogen) atoms. The van der Waals surface area contributed by atoms with Crippen molar-refractivity contribution in [1.29, 1.82) is 0 Å². The summed E-state index contributed by atoms with van der Waals surface area (Å²) < 4.78 is 5.59. The Labute approximate surface area is 115 Å². The van der Waals surface area contributed by atoms with Crippen LogP contribution in [-0.4, -0.2) is 23.1 Å². The van der Waals surface area contributed by atoms with Crippen molar-refractivity contribution < 1.29 is 19.4 Å². The fraction of sp³-hybridized carbons (Fsp3) is 0.867. The number of carbonyl (C=O) groups is 2. The first-order chi connectivity index (χ1) is 8.90. The Balaban J connectivity index is 2.42. The van der Waals surface area contributed by atoms with Crippen molar-refractivity contribution in [3.8, 4) is 0 Å². The first-order valence-electron chi connectivity index (χ1n) is 7.31. The van der Waals surface area contributed by atoms with Gasteiger partial charge in [0, 0.05) is 12.8 Å². The predicted octanol–water partition coefficient (Wildman–Crippen LogP) is 3.25. The second kappa shape index (κ2) is 7.51. The zero-order chi connectivity index (χ0) is 14.4. The van der Waals surface area contributed by atoms with Gasteiger partial charge in [0.2, 0.25) is 0 Å². The van der Waals surface area contributed by atoms with E-state index in [2.05, 4.69) is 20.8 Å². The summed E-state index contributed by atoms with van der Waals surface area (Å²) in [6, 6.07) is 0. The van der Waals surface area contributed by atoms with Crippen molar-refractivity contribution in [1.82, 2.24) is 0 Å². The molecule has 1 aliphatic carbocycles. The minimum atomic E-state index is -0.862. The van der Waals surface area contributed by atoms with Crippen molar-refractivity contribution in [2.24, 2.45) is 17.8 Å². The Morgan fingerprint density at radius 2 is 1.95 bits per heavy atom. The SMILES string of the molecule is CC(C)C1CC[C@@H](C)C[C@H]1OC(=O)CCCC(=O)O. The molecule has 0 aliphatic heterocycles. The molecular formula is C15H26O4. The van der Waals surface area contributed by atoms with Crippen LogP contribution in [0.4, 0.5) is 0 Å². The van der Waals surface area contributed by atoms with Crippen LogP contribution in [0.25, 0.3) is 0 Å². The lowest BCUT2D eigenvalue weighted by atomic mass is 9.75. The van der Waals surface area contributed by atoms with Gasteiger partial charge in [-0.25, -0.2) is 0 Å². The van der Waals surface area contributed by atoms with Crippen LogP contribution in [-0.2, 0) is 14.3 Å². The summed E-state index contributed by atoms with van der Waals surface area (Å²) in [5.74, 6) is 0.459. The standard InChI is InChI=1S/C15H26O4/c1-10(2)12-8-7-11(3)9-13(12)19-15(18)6-4-5-14(16)17/h10-13H,4-9H2,1-3H3,(H,16,17)/t11-,12?,13-/m1/s1. The van der Waals surface area contributed by atoms with E-state index in [1.165, 1.54) is 6.42 Å². The van der Waals surface area contributed by atoms with E-state index in [4.69, 9.17) is 9.84 Å². The summed E-state index contributed by atoms with van der Waals surface area (Å²) in [5, 5.41) is 8.55. The van der Waals surface area contributed by atoms with E-state index >= 15 is 0 Å². The highest BCUT2D eigenvalue weighted by Crippen LogP contribution is 2.35. The molecule has 3 atom stereocenters. The highest BCUT2D eigenvalue weighted by atomic mass is 16.5. The summed E-state index contributed by atoms with van der Waals surface area (Å²) in [4.78, 5) is 22.2. The highest BCUT2D eigenvalue weighted by Gasteiger charge is 2.33. The number of aliphatic carboxylic acids is 1. The maximum Gasteiger partial charge on any atom is 0.306 e. The molecule has 1 aliphatic rings. The van der Waals surface area contributed by atoms with Gasteiger partial charge in [-0.3, -0.25) is 9.59 Å². The lowest BCUT2D eigenvalue weighted by Gasteiger charge is -2.36. The van der Waals surface area contributed by atoms with E-state index < -0.39 is 5.97 Å². The number of carboxylic acids is 1. The molecule has 1 unspecified atom stereocenters. The van der Waals surface area contributed by atoms with Gasteiger partial charge in [-0.15, -0.1) is 0 Å². The molecular weight excluding hydrogens is 244 g/mol. The molecule has 0 heterocycles. The molecule has 4 heteroatoms. The summed E-state index contributed by atoms with van der Waals surface area (Å²) in [6.45, 7) is 6.54.